The van der Waals surface area contributed by atoms with Gasteiger partial charge in [-0.1, -0.05) is 97.1 Å². The predicted octanol–water partition coefficient (Wildman–Crippen LogP) is 10.4. The number of H-pyrrole nitrogens is 1. The van der Waals surface area contributed by atoms with Crippen molar-refractivity contribution in [1.82, 2.24) is 19.5 Å². The molecule has 10 aromatic rings. The minimum absolute atomic E-state index is 0.683. The van der Waals surface area contributed by atoms with Gasteiger partial charge in [-0.2, -0.15) is 0 Å². The third-order valence-electron chi connectivity index (χ3n) is 8.75. The average Bonchev–Trinajstić information content (AvgIpc) is 3.73. The Labute approximate surface area is 249 Å². The molecule has 4 nitrogen and oxygen atoms in total. The van der Waals surface area contributed by atoms with Gasteiger partial charge in [0.2, 0.25) is 5.95 Å². The Balaban J connectivity index is 1.31. The molecular weight excluding hydrogens is 545 g/mol. The molecule has 200 valence electrons. The minimum atomic E-state index is 0.683. The van der Waals surface area contributed by atoms with Gasteiger partial charge in [-0.05, 0) is 30.3 Å². The van der Waals surface area contributed by atoms with E-state index < -0.39 is 0 Å². The third-order valence-corrected chi connectivity index (χ3v) is 9.94. The molecule has 0 saturated carbocycles. The number of hydrogen-bond acceptors (Lipinski definition) is 3. The van der Waals surface area contributed by atoms with Crippen molar-refractivity contribution in [2.24, 2.45) is 0 Å². The van der Waals surface area contributed by atoms with Gasteiger partial charge >= 0.3 is 0 Å². The SMILES string of the molecule is c1ccc(-c2nc(-n3c4ccccc4c4cc5c(cc43)sc3c5ccc4c5ccccc5[nH]c43)nc3ccccc23)cc1. The van der Waals surface area contributed by atoms with Gasteiger partial charge < -0.3 is 4.98 Å². The Kier molecular flexibility index (Phi) is 4.57. The summed E-state index contributed by atoms with van der Waals surface area (Å²) in [6.07, 6.45) is 0. The quantitative estimate of drug-likeness (QED) is 0.226. The molecule has 0 fully saturated rings. The fourth-order valence-electron chi connectivity index (χ4n) is 6.81. The summed E-state index contributed by atoms with van der Waals surface area (Å²) in [5.74, 6) is 0.683. The second-order valence-corrected chi connectivity index (χ2v) is 12.2. The lowest BCUT2D eigenvalue weighted by Gasteiger charge is -2.11. The van der Waals surface area contributed by atoms with Crippen LogP contribution in [0.4, 0.5) is 0 Å². The summed E-state index contributed by atoms with van der Waals surface area (Å²) in [7, 11) is 0. The minimum Gasteiger partial charge on any atom is -0.353 e. The Morgan fingerprint density at radius 1 is 0.535 bits per heavy atom. The summed E-state index contributed by atoms with van der Waals surface area (Å²) in [6.45, 7) is 0. The van der Waals surface area contributed by atoms with Crippen molar-refractivity contribution in [2.75, 3.05) is 0 Å². The van der Waals surface area contributed by atoms with Gasteiger partial charge in [0.15, 0.2) is 0 Å². The molecule has 0 aliphatic carbocycles. The first kappa shape index (κ1) is 23.1. The first-order valence-corrected chi connectivity index (χ1v) is 15.2. The molecule has 10 rings (SSSR count). The zero-order valence-corrected chi connectivity index (χ0v) is 23.7. The van der Waals surface area contributed by atoms with Crippen LogP contribution in [0.3, 0.4) is 0 Å². The van der Waals surface area contributed by atoms with Crippen molar-refractivity contribution >= 4 is 86.0 Å². The van der Waals surface area contributed by atoms with E-state index in [1.165, 1.54) is 52.8 Å². The van der Waals surface area contributed by atoms with Gasteiger partial charge in [0, 0.05) is 53.5 Å². The lowest BCUT2D eigenvalue weighted by atomic mass is 10.1. The van der Waals surface area contributed by atoms with Crippen LogP contribution in [0.1, 0.15) is 0 Å². The highest BCUT2D eigenvalue weighted by Gasteiger charge is 2.20. The van der Waals surface area contributed by atoms with Crippen LogP contribution in [0, 0.1) is 0 Å². The topological polar surface area (TPSA) is 46.5 Å². The molecule has 0 spiro atoms. The van der Waals surface area contributed by atoms with Gasteiger partial charge in [0.1, 0.15) is 0 Å². The molecule has 0 saturated heterocycles. The number of rotatable bonds is 2. The van der Waals surface area contributed by atoms with E-state index in [1.54, 1.807) is 0 Å². The maximum atomic E-state index is 5.25. The van der Waals surface area contributed by atoms with Crippen LogP contribution in [0.15, 0.2) is 127 Å². The van der Waals surface area contributed by atoms with Gasteiger partial charge in [0.25, 0.3) is 0 Å². The first-order valence-electron chi connectivity index (χ1n) is 14.4. The summed E-state index contributed by atoms with van der Waals surface area (Å²) in [4.78, 5) is 14.1. The maximum absolute atomic E-state index is 5.25. The predicted molar refractivity (Wildman–Crippen MR) is 182 cm³/mol. The smallest absolute Gasteiger partial charge is 0.235 e. The number of para-hydroxylation sites is 3. The number of fused-ring (bicyclic) bond motifs is 11. The summed E-state index contributed by atoms with van der Waals surface area (Å²) >= 11 is 1.85. The molecule has 0 atom stereocenters. The Bertz CT molecular complexity index is 2730. The van der Waals surface area contributed by atoms with Crippen molar-refractivity contribution in [1.29, 1.82) is 0 Å². The van der Waals surface area contributed by atoms with E-state index >= 15 is 0 Å². The van der Waals surface area contributed by atoms with Gasteiger partial charge in [-0.15, -0.1) is 11.3 Å². The molecule has 0 radical (unpaired) electrons. The average molecular weight is 567 g/mol. The standard InChI is InChI=1S/C38H22N4S/c1-2-10-22(11-3-1)35-27-14-5-8-16-31(27)40-38(41-35)42-32-17-9-6-13-24(32)28-20-29-26-19-18-25-23-12-4-7-15-30(23)39-36(25)37(26)43-34(29)21-33(28)42/h1-21,39H. The highest BCUT2D eigenvalue weighted by Crippen LogP contribution is 2.43. The van der Waals surface area contributed by atoms with E-state index in [2.05, 4.69) is 125 Å². The molecule has 4 heterocycles. The summed E-state index contributed by atoms with van der Waals surface area (Å²) in [5, 5.41) is 8.55. The molecule has 1 N–H and O–H groups in total. The largest absolute Gasteiger partial charge is 0.353 e. The molecule has 0 unspecified atom stereocenters. The Hall–Kier alpha value is -5.52. The van der Waals surface area contributed by atoms with Crippen molar-refractivity contribution in [3.8, 4) is 17.2 Å². The van der Waals surface area contributed by atoms with Gasteiger partial charge in [-0.3, -0.25) is 4.57 Å². The number of aromatic amines is 1. The number of thiophene rings is 1. The van der Waals surface area contributed by atoms with Crippen LogP contribution in [0.5, 0.6) is 0 Å². The number of nitrogens with zero attached hydrogens (tertiary/aromatic N) is 3. The van der Waals surface area contributed by atoms with Crippen LogP contribution < -0.4 is 0 Å². The second-order valence-electron chi connectivity index (χ2n) is 11.1. The summed E-state index contributed by atoms with van der Waals surface area (Å²) in [5.41, 5.74) is 7.56. The fraction of sp³-hybridized carbons (Fsp3) is 0. The molecule has 43 heavy (non-hydrogen) atoms. The van der Waals surface area contributed by atoms with E-state index in [-0.39, 0.29) is 0 Å². The monoisotopic (exact) mass is 566 g/mol. The van der Waals surface area contributed by atoms with Crippen LogP contribution in [-0.2, 0) is 0 Å². The zero-order valence-electron chi connectivity index (χ0n) is 22.9. The summed E-state index contributed by atoms with van der Waals surface area (Å²) in [6, 6.07) is 45.1. The van der Waals surface area contributed by atoms with Gasteiger partial charge in [0.05, 0.1) is 32.5 Å². The van der Waals surface area contributed by atoms with Gasteiger partial charge in [-0.25, -0.2) is 9.97 Å². The molecule has 0 aliphatic heterocycles. The molecule has 0 aliphatic rings. The summed E-state index contributed by atoms with van der Waals surface area (Å²) < 4.78 is 4.79. The number of benzene rings is 6. The van der Waals surface area contributed by atoms with Crippen LogP contribution in [0.25, 0.3) is 91.9 Å². The number of aromatic nitrogens is 4. The van der Waals surface area contributed by atoms with Crippen molar-refractivity contribution in [2.45, 2.75) is 0 Å². The Morgan fingerprint density at radius 2 is 1.28 bits per heavy atom. The third kappa shape index (κ3) is 3.20. The van der Waals surface area contributed by atoms with E-state index in [4.69, 9.17) is 9.97 Å². The number of hydrogen-bond donors (Lipinski definition) is 1. The first-order chi connectivity index (χ1) is 21.3. The fourth-order valence-corrected chi connectivity index (χ4v) is 8.03. The number of nitrogens with one attached hydrogen (secondary N) is 1. The Morgan fingerprint density at radius 3 is 2.19 bits per heavy atom. The van der Waals surface area contributed by atoms with Crippen molar-refractivity contribution < 1.29 is 0 Å². The zero-order chi connectivity index (χ0) is 28.1. The molecule has 0 amide bonds. The highest BCUT2D eigenvalue weighted by molar-refractivity contribution is 7.26. The van der Waals surface area contributed by atoms with E-state index in [9.17, 15) is 0 Å². The highest BCUT2D eigenvalue weighted by atomic mass is 32.1. The lowest BCUT2D eigenvalue weighted by Crippen LogP contribution is -2.03. The molecular formula is C38H22N4S. The molecule has 5 heteroatoms. The lowest BCUT2D eigenvalue weighted by molar-refractivity contribution is 1.01. The molecule has 0 bridgehead atoms. The van der Waals surface area contributed by atoms with E-state index in [0.29, 0.717) is 5.95 Å². The normalized spacial score (nSPS) is 12.2. The van der Waals surface area contributed by atoms with Crippen LogP contribution >= 0.6 is 11.3 Å². The maximum Gasteiger partial charge on any atom is 0.235 e. The van der Waals surface area contributed by atoms with E-state index in [1.807, 2.05) is 23.5 Å². The van der Waals surface area contributed by atoms with Crippen LogP contribution in [-0.4, -0.2) is 19.5 Å². The second kappa shape index (κ2) is 8.51. The van der Waals surface area contributed by atoms with Crippen LogP contribution in [0.2, 0.25) is 0 Å². The van der Waals surface area contributed by atoms with E-state index in [0.717, 1.165) is 33.2 Å². The molecule has 6 aromatic carbocycles. The van der Waals surface area contributed by atoms with Crippen molar-refractivity contribution in [3.05, 3.63) is 127 Å². The molecule has 4 aromatic heterocycles. The van der Waals surface area contributed by atoms with Crippen molar-refractivity contribution in [3.63, 3.8) is 0 Å².